The molecule has 1 aromatic carbocycles. The number of imide groups is 1. The molecule has 7 nitrogen and oxygen atoms in total. The molecule has 0 unspecified atom stereocenters. The molecule has 2 saturated carbocycles. The van der Waals surface area contributed by atoms with Gasteiger partial charge in [-0.25, -0.2) is 9.18 Å². The van der Waals surface area contributed by atoms with Crippen LogP contribution in [0.3, 0.4) is 0 Å². The van der Waals surface area contributed by atoms with Crippen LogP contribution in [0.25, 0.3) is 11.4 Å². The van der Waals surface area contributed by atoms with E-state index in [1.165, 1.54) is 17.8 Å². The Kier molecular flexibility index (Phi) is 5.61. The van der Waals surface area contributed by atoms with Crippen LogP contribution in [0.15, 0.2) is 29.4 Å². The van der Waals surface area contributed by atoms with Crippen LogP contribution in [0.2, 0.25) is 0 Å². The van der Waals surface area contributed by atoms with Gasteiger partial charge in [-0.15, -0.1) is 10.2 Å². The van der Waals surface area contributed by atoms with Crippen molar-refractivity contribution in [2.75, 3.05) is 5.75 Å². The molecule has 2 aromatic rings. The van der Waals surface area contributed by atoms with Gasteiger partial charge in [-0.3, -0.25) is 14.7 Å². The molecule has 2 fully saturated rings. The smallest absolute Gasteiger partial charge is 0.321 e. The molecule has 0 saturated heterocycles. The molecular formula is C19H22FN5O2S. The first-order valence-electron chi connectivity index (χ1n) is 9.55. The van der Waals surface area contributed by atoms with Crippen LogP contribution < -0.4 is 10.6 Å². The Morgan fingerprint density at radius 1 is 1.14 bits per heavy atom. The fourth-order valence-corrected chi connectivity index (χ4v) is 4.25. The summed E-state index contributed by atoms with van der Waals surface area (Å²) in [4.78, 5) is 24.0. The third-order valence-corrected chi connectivity index (χ3v) is 5.91. The molecule has 0 aliphatic heterocycles. The van der Waals surface area contributed by atoms with E-state index >= 15 is 0 Å². The van der Waals surface area contributed by atoms with E-state index in [0.29, 0.717) is 16.5 Å². The number of carbonyl (C=O) groups is 2. The molecule has 0 bridgehead atoms. The van der Waals surface area contributed by atoms with E-state index in [1.54, 1.807) is 18.2 Å². The van der Waals surface area contributed by atoms with Gasteiger partial charge < -0.3 is 5.32 Å². The number of amides is 3. The molecule has 1 aromatic heterocycles. The standard InChI is InChI=1S/C19H22FN5O2S/c20-15-8-4-3-7-14(15)17-23-24-19(25(17)13-9-10-13)28-11-16(26)22-18(27)21-12-5-1-2-6-12/h3-4,7-8,12-13H,1-2,5-6,9-11H2,(H2,21,22,26,27). The molecule has 3 amide bonds. The highest BCUT2D eigenvalue weighted by Crippen LogP contribution is 2.41. The van der Waals surface area contributed by atoms with E-state index in [0.717, 1.165) is 38.5 Å². The highest BCUT2D eigenvalue weighted by molar-refractivity contribution is 7.99. The Balaban J connectivity index is 1.39. The predicted molar refractivity (Wildman–Crippen MR) is 103 cm³/mol. The van der Waals surface area contributed by atoms with E-state index in [1.807, 2.05) is 4.57 Å². The minimum absolute atomic E-state index is 0.0419. The summed E-state index contributed by atoms with van der Waals surface area (Å²) in [5.41, 5.74) is 0.397. The molecule has 0 spiro atoms. The highest BCUT2D eigenvalue weighted by Gasteiger charge is 2.31. The van der Waals surface area contributed by atoms with Crippen LogP contribution >= 0.6 is 11.8 Å². The second-order valence-electron chi connectivity index (χ2n) is 7.18. The van der Waals surface area contributed by atoms with E-state index in [-0.39, 0.29) is 23.7 Å². The average Bonchev–Trinajstić information content (AvgIpc) is 3.21. The van der Waals surface area contributed by atoms with Crippen LogP contribution in [0.4, 0.5) is 9.18 Å². The molecule has 28 heavy (non-hydrogen) atoms. The second kappa shape index (κ2) is 8.30. The number of nitrogens with one attached hydrogen (secondary N) is 2. The minimum atomic E-state index is -0.451. The van der Waals surface area contributed by atoms with Crippen molar-refractivity contribution in [3.05, 3.63) is 30.1 Å². The predicted octanol–water partition coefficient (Wildman–Crippen LogP) is 3.28. The zero-order chi connectivity index (χ0) is 19.5. The number of carbonyl (C=O) groups excluding carboxylic acids is 2. The van der Waals surface area contributed by atoms with Gasteiger partial charge in [0.15, 0.2) is 11.0 Å². The maximum absolute atomic E-state index is 14.2. The van der Waals surface area contributed by atoms with Crippen LogP contribution in [0.1, 0.15) is 44.6 Å². The third kappa shape index (κ3) is 4.35. The summed E-state index contributed by atoms with van der Waals surface area (Å²) in [5.74, 6) is -0.226. The minimum Gasteiger partial charge on any atom is -0.335 e. The van der Waals surface area contributed by atoms with Gasteiger partial charge in [-0.1, -0.05) is 36.7 Å². The van der Waals surface area contributed by atoms with Crippen molar-refractivity contribution >= 4 is 23.7 Å². The molecule has 0 radical (unpaired) electrons. The van der Waals surface area contributed by atoms with Crippen molar-refractivity contribution in [3.63, 3.8) is 0 Å². The number of thioether (sulfide) groups is 1. The summed E-state index contributed by atoms with van der Waals surface area (Å²) < 4.78 is 16.1. The van der Waals surface area contributed by atoms with Gasteiger partial charge in [0, 0.05) is 12.1 Å². The average molecular weight is 403 g/mol. The summed E-state index contributed by atoms with van der Waals surface area (Å²) in [5, 5.41) is 14.1. The second-order valence-corrected chi connectivity index (χ2v) is 8.12. The number of nitrogens with zero attached hydrogens (tertiary/aromatic N) is 3. The fraction of sp³-hybridized carbons (Fsp3) is 0.474. The Hall–Kier alpha value is -2.42. The number of halogens is 1. The van der Waals surface area contributed by atoms with Crippen molar-refractivity contribution in [2.24, 2.45) is 0 Å². The number of benzene rings is 1. The Bertz CT molecular complexity index is 877. The van der Waals surface area contributed by atoms with Gasteiger partial charge in [-0.05, 0) is 37.8 Å². The first-order valence-corrected chi connectivity index (χ1v) is 10.5. The molecule has 0 atom stereocenters. The maximum Gasteiger partial charge on any atom is 0.321 e. The zero-order valence-electron chi connectivity index (χ0n) is 15.4. The summed E-state index contributed by atoms with van der Waals surface area (Å²) >= 11 is 1.20. The monoisotopic (exact) mass is 403 g/mol. The van der Waals surface area contributed by atoms with Gasteiger partial charge in [0.2, 0.25) is 5.91 Å². The lowest BCUT2D eigenvalue weighted by Gasteiger charge is -2.12. The van der Waals surface area contributed by atoms with Crippen molar-refractivity contribution in [1.82, 2.24) is 25.4 Å². The molecule has 2 aliphatic rings. The lowest BCUT2D eigenvalue weighted by atomic mass is 10.2. The van der Waals surface area contributed by atoms with E-state index in [2.05, 4.69) is 20.8 Å². The first-order chi connectivity index (χ1) is 13.6. The summed E-state index contributed by atoms with van der Waals surface area (Å²) in [6, 6.07) is 6.38. The molecule has 4 rings (SSSR count). The molecule has 1 heterocycles. The molecule has 2 aliphatic carbocycles. The van der Waals surface area contributed by atoms with Gasteiger partial charge in [0.1, 0.15) is 5.82 Å². The largest absolute Gasteiger partial charge is 0.335 e. The molecular weight excluding hydrogens is 381 g/mol. The fourth-order valence-electron chi connectivity index (χ4n) is 3.45. The number of urea groups is 1. The first kappa shape index (κ1) is 18.9. The lowest BCUT2D eigenvalue weighted by Crippen LogP contribution is -2.44. The van der Waals surface area contributed by atoms with Crippen molar-refractivity contribution in [2.45, 2.75) is 55.8 Å². The van der Waals surface area contributed by atoms with Gasteiger partial charge in [-0.2, -0.15) is 0 Å². The number of hydrogen-bond donors (Lipinski definition) is 2. The van der Waals surface area contributed by atoms with Crippen LogP contribution in [0.5, 0.6) is 0 Å². The SMILES string of the molecule is O=C(CSc1nnc(-c2ccccc2F)n1C1CC1)NC(=O)NC1CCCC1. The van der Waals surface area contributed by atoms with Crippen molar-refractivity contribution in [3.8, 4) is 11.4 Å². The summed E-state index contributed by atoms with van der Waals surface area (Å²) in [6.45, 7) is 0. The highest BCUT2D eigenvalue weighted by atomic mass is 32.2. The molecule has 2 N–H and O–H groups in total. The van der Waals surface area contributed by atoms with Crippen LogP contribution in [-0.2, 0) is 4.79 Å². The zero-order valence-corrected chi connectivity index (χ0v) is 16.2. The topological polar surface area (TPSA) is 88.9 Å². The van der Waals surface area contributed by atoms with E-state index < -0.39 is 11.9 Å². The lowest BCUT2D eigenvalue weighted by molar-refractivity contribution is -0.117. The maximum atomic E-state index is 14.2. The van der Waals surface area contributed by atoms with Crippen LogP contribution in [-0.4, -0.2) is 38.5 Å². The number of aromatic nitrogens is 3. The molecule has 9 heteroatoms. The van der Waals surface area contributed by atoms with Crippen LogP contribution in [0, 0.1) is 5.82 Å². The Morgan fingerprint density at radius 2 is 1.89 bits per heavy atom. The number of hydrogen-bond acceptors (Lipinski definition) is 5. The third-order valence-electron chi connectivity index (χ3n) is 4.97. The quantitative estimate of drug-likeness (QED) is 0.723. The Morgan fingerprint density at radius 3 is 2.61 bits per heavy atom. The van der Waals surface area contributed by atoms with E-state index in [4.69, 9.17) is 0 Å². The number of rotatable bonds is 6. The van der Waals surface area contributed by atoms with Crippen molar-refractivity contribution in [1.29, 1.82) is 0 Å². The normalized spacial score (nSPS) is 16.9. The summed E-state index contributed by atoms with van der Waals surface area (Å²) in [7, 11) is 0. The van der Waals surface area contributed by atoms with E-state index in [9.17, 15) is 14.0 Å². The Labute approximate surface area is 166 Å². The van der Waals surface area contributed by atoms with Gasteiger partial charge in [0.05, 0.1) is 11.3 Å². The molecule has 148 valence electrons. The van der Waals surface area contributed by atoms with Crippen molar-refractivity contribution < 1.29 is 14.0 Å². The van der Waals surface area contributed by atoms with Gasteiger partial charge in [0.25, 0.3) is 0 Å². The summed E-state index contributed by atoms with van der Waals surface area (Å²) in [6.07, 6.45) is 6.08. The van der Waals surface area contributed by atoms with Gasteiger partial charge >= 0.3 is 6.03 Å².